The van der Waals surface area contributed by atoms with E-state index in [1.54, 1.807) is 0 Å². The second-order valence-corrected chi connectivity index (χ2v) is 13.5. The minimum atomic E-state index is 0.644. The molecule has 0 unspecified atom stereocenters. The molecular weight excluding hydrogens is 641 g/mol. The van der Waals surface area contributed by atoms with Gasteiger partial charge in [0.2, 0.25) is 0 Å². The summed E-state index contributed by atoms with van der Waals surface area (Å²) in [6.45, 7) is 0. The van der Waals surface area contributed by atoms with Gasteiger partial charge in [-0.2, -0.15) is 5.26 Å². The molecule has 1 aromatic heterocycles. The van der Waals surface area contributed by atoms with E-state index in [9.17, 15) is 5.26 Å². The third kappa shape index (κ3) is 4.94. The average molecular weight is 673 g/mol. The zero-order valence-electron chi connectivity index (χ0n) is 28.9. The normalized spacial score (nSPS) is 11.4. The lowest BCUT2D eigenvalue weighted by atomic mass is 9.86. The van der Waals surface area contributed by atoms with E-state index >= 15 is 0 Å². The lowest BCUT2D eigenvalue weighted by Gasteiger charge is -2.18. The number of hydrogen-bond acceptors (Lipinski definition) is 1. The van der Waals surface area contributed by atoms with E-state index in [-0.39, 0.29) is 0 Å². The molecule has 0 amide bonds. The lowest BCUT2D eigenvalue weighted by molar-refractivity contribution is 1.17. The van der Waals surface area contributed by atoms with Crippen LogP contribution in [0.2, 0.25) is 0 Å². The molecule has 0 aliphatic rings. The van der Waals surface area contributed by atoms with Crippen molar-refractivity contribution in [1.82, 2.24) is 4.57 Å². The maximum Gasteiger partial charge on any atom is 0.101 e. The van der Waals surface area contributed by atoms with Crippen molar-refractivity contribution in [2.24, 2.45) is 0 Å². The van der Waals surface area contributed by atoms with Crippen molar-refractivity contribution in [2.75, 3.05) is 0 Å². The van der Waals surface area contributed by atoms with Gasteiger partial charge in [-0.15, -0.1) is 0 Å². The summed E-state index contributed by atoms with van der Waals surface area (Å²) in [6.07, 6.45) is 0. The molecule has 1 heterocycles. The molecular formula is C51H32N2. The minimum Gasteiger partial charge on any atom is -0.307 e. The van der Waals surface area contributed by atoms with Gasteiger partial charge in [-0.05, 0) is 78.7 Å². The molecule has 0 fully saturated rings. The molecule has 9 aromatic carbocycles. The molecule has 0 saturated heterocycles. The first-order chi connectivity index (χ1) is 26.3. The monoisotopic (exact) mass is 672 g/mol. The molecule has 0 aliphatic heterocycles. The van der Waals surface area contributed by atoms with Gasteiger partial charge in [-0.1, -0.05) is 176 Å². The molecule has 0 spiro atoms. The molecule has 53 heavy (non-hydrogen) atoms. The Morgan fingerprint density at radius 1 is 0.321 bits per heavy atom. The molecule has 10 aromatic rings. The highest BCUT2D eigenvalue weighted by atomic mass is 15.0. The van der Waals surface area contributed by atoms with Crippen molar-refractivity contribution < 1.29 is 0 Å². The van der Waals surface area contributed by atoms with Crippen LogP contribution in [-0.4, -0.2) is 4.57 Å². The van der Waals surface area contributed by atoms with Crippen LogP contribution in [0.4, 0.5) is 0 Å². The van der Waals surface area contributed by atoms with Crippen LogP contribution >= 0.6 is 0 Å². The first-order valence-corrected chi connectivity index (χ1v) is 18.0. The third-order valence-corrected chi connectivity index (χ3v) is 10.7. The standard InChI is InChI=1S/C51H32N2/c52-33-39-15-12-22-40(51(39)53-47-23-10-8-16-41(47)42-17-9-11-24-48(42)53)36-29-25-34(26-30-36)35-27-31-38(32-28-35)50-45-20-6-4-18-43(45)49(37-13-2-1-3-14-37)44-19-5-7-21-46(44)50/h1-32H. The number of rotatable bonds is 5. The number of aromatic nitrogens is 1. The van der Waals surface area contributed by atoms with E-state index in [0.717, 1.165) is 39.0 Å². The van der Waals surface area contributed by atoms with Crippen LogP contribution in [0, 0.1) is 11.3 Å². The predicted octanol–water partition coefficient (Wildman–Crippen LogP) is 13.6. The van der Waals surface area contributed by atoms with Crippen LogP contribution in [0.25, 0.3) is 93.5 Å². The molecule has 2 nitrogen and oxygen atoms in total. The fourth-order valence-electron chi connectivity index (χ4n) is 8.30. The molecule has 0 radical (unpaired) electrons. The minimum absolute atomic E-state index is 0.644. The fraction of sp³-hybridized carbons (Fsp3) is 0. The number of hydrogen-bond donors (Lipinski definition) is 0. The van der Waals surface area contributed by atoms with Gasteiger partial charge < -0.3 is 4.57 Å². The molecule has 2 heteroatoms. The molecule has 0 atom stereocenters. The lowest BCUT2D eigenvalue weighted by Crippen LogP contribution is -2.00. The number of benzene rings is 9. The van der Waals surface area contributed by atoms with Gasteiger partial charge in [0.25, 0.3) is 0 Å². The van der Waals surface area contributed by atoms with Crippen LogP contribution in [-0.2, 0) is 0 Å². The van der Waals surface area contributed by atoms with Gasteiger partial charge in [-0.3, -0.25) is 0 Å². The summed E-state index contributed by atoms with van der Waals surface area (Å²) < 4.78 is 2.25. The quantitative estimate of drug-likeness (QED) is 0.167. The van der Waals surface area contributed by atoms with Gasteiger partial charge in [0.15, 0.2) is 0 Å². The van der Waals surface area contributed by atoms with Crippen molar-refractivity contribution >= 4 is 43.4 Å². The Hall–Kier alpha value is -7.21. The highest BCUT2D eigenvalue weighted by molar-refractivity contribution is 6.21. The van der Waals surface area contributed by atoms with Gasteiger partial charge in [0.1, 0.15) is 6.07 Å². The summed E-state index contributed by atoms with van der Waals surface area (Å²) in [7, 11) is 0. The third-order valence-electron chi connectivity index (χ3n) is 10.7. The topological polar surface area (TPSA) is 28.7 Å². The highest BCUT2D eigenvalue weighted by Crippen LogP contribution is 2.44. The van der Waals surface area contributed by atoms with Gasteiger partial charge in [-0.25, -0.2) is 0 Å². The maximum atomic E-state index is 10.3. The molecule has 0 bridgehead atoms. The average Bonchev–Trinajstić information content (AvgIpc) is 3.57. The van der Waals surface area contributed by atoms with Crippen LogP contribution in [0.3, 0.4) is 0 Å². The van der Waals surface area contributed by atoms with E-state index in [1.165, 1.54) is 54.6 Å². The zero-order chi connectivity index (χ0) is 35.3. The predicted molar refractivity (Wildman–Crippen MR) is 222 cm³/mol. The van der Waals surface area contributed by atoms with E-state index in [4.69, 9.17) is 0 Å². The van der Waals surface area contributed by atoms with E-state index in [0.29, 0.717) is 5.56 Å². The van der Waals surface area contributed by atoms with Crippen molar-refractivity contribution in [2.45, 2.75) is 0 Å². The molecule has 10 rings (SSSR count). The van der Waals surface area contributed by atoms with Crippen LogP contribution < -0.4 is 0 Å². The SMILES string of the molecule is N#Cc1cccc(-c2ccc(-c3ccc(-c4c5ccccc5c(-c5ccccc5)c5ccccc45)cc3)cc2)c1-n1c2ccccc2c2ccccc21. The largest absolute Gasteiger partial charge is 0.307 e. The molecule has 0 N–H and O–H groups in total. The summed E-state index contributed by atoms with van der Waals surface area (Å²) in [6, 6.07) is 71.5. The van der Waals surface area contributed by atoms with Crippen molar-refractivity contribution in [3.8, 4) is 56.3 Å². The van der Waals surface area contributed by atoms with Crippen LogP contribution in [0.5, 0.6) is 0 Å². The Labute approximate surface area is 308 Å². The van der Waals surface area contributed by atoms with Crippen LogP contribution in [0.1, 0.15) is 5.56 Å². The first kappa shape index (κ1) is 30.6. The summed E-state index contributed by atoms with van der Waals surface area (Å²) in [5, 5.41) is 17.7. The summed E-state index contributed by atoms with van der Waals surface area (Å²) in [5.74, 6) is 0. The summed E-state index contributed by atoms with van der Waals surface area (Å²) in [4.78, 5) is 0. The van der Waals surface area contributed by atoms with Crippen LogP contribution in [0.15, 0.2) is 194 Å². The Bertz CT molecular complexity index is 2920. The van der Waals surface area contributed by atoms with Gasteiger partial charge in [0.05, 0.1) is 22.3 Å². The number of nitrogens with zero attached hydrogens (tertiary/aromatic N) is 2. The van der Waals surface area contributed by atoms with E-state index < -0.39 is 0 Å². The Morgan fingerprint density at radius 3 is 1.21 bits per heavy atom. The van der Waals surface area contributed by atoms with Crippen molar-refractivity contribution in [3.05, 3.63) is 200 Å². The summed E-state index contributed by atoms with van der Waals surface area (Å²) >= 11 is 0. The zero-order valence-corrected chi connectivity index (χ0v) is 28.9. The second kappa shape index (κ2) is 12.5. The van der Waals surface area contributed by atoms with Gasteiger partial charge in [0, 0.05) is 16.3 Å². The smallest absolute Gasteiger partial charge is 0.101 e. The Kier molecular flexibility index (Phi) is 7.23. The Morgan fingerprint density at radius 2 is 0.717 bits per heavy atom. The summed E-state index contributed by atoms with van der Waals surface area (Å²) in [5.41, 5.74) is 13.1. The first-order valence-electron chi connectivity index (χ1n) is 18.0. The fourth-order valence-corrected chi connectivity index (χ4v) is 8.30. The van der Waals surface area contributed by atoms with Crippen molar-refractivity contribution in [3.63, 3.8) is 0 Å². The number of fused-ring (bicyclic) bond motifs is 5. The van der Waals surface area contributed by atoms with Gasteiger partial charge >= 0.3 is 0 Å². The molecule has 0 saturated carbocycles. The number of nitriles is 1. The second-order valence-electron chi connectivity index (χ2n) is 13.5. The maximum absolute atomic E-state index is 10.3. The highest BCUT2D eigenvalue weighted by Gasteiger charge is 2.19. The number of para-hydroxylation sites is 3. The molecule has 246 valence electrons. The molecule has 0 aliphatic carbocycles. The van der Waals surface area contributed by atoms with E-state index in [2.05, 4.69) is 193 Å². The Balaban J connectivity index is 1.06. The van der Waals surface area contributed by atoms with Crippen molar-refractivity contribution in [1.29, 1.82) is 5.26 Å². The van der Waals surface area contributed by atoms with E-state index in [1.807, 2.05) is 12.1 Å².